The summed E-state index contributed by atoms with van der Waals surface area (Å²) in [5.41, 5.74) is 10.3. The summed E-state index contributed by atoms with van der Waals surface area (Å²) in [6.45, 7) is 3.91. The van der Waals surface area contributed by atoms with E-state index in [-0.39, 0.29) is 0 Å². The van der Waals surface area contributed by atoms with Crippen LogP contribution in [0.4, 0.5) is 0 Å². The van der Waals surface area contributed by atoms with Crippen molar-refractivity contribution in [3.63, 3.8) is 0 Å². The zero-order valence-electron chi connectivity index (χ0n) is 20.2. The quantitative estimate of drug-likeness (QED) is 0.202. The third-order valence-corrected chi connectivity index (χ3v) is 6.93. The summed E-state index contributed by atoms with van der Waals surface area (Å²) in [5, 5.41) is 14.4. The van der Waals surface area contributed by atoms with Crippen LogP contribution in [-0.2, 0) is 31.2 Å². The van der Waals surface area contributed by atoms with E-state index in [1.54, 1.807) is 11.6 Å². The molecule has 2 aromatic carbocycles. The zero-order valence-corrected chi connectivity index (χ0v) is 20.2. The van der Waals surface area contributed by atoms with Crippen LogP contribution in [0.1, 0.15) is 45.8 Å². The van der Waals surface area contributed by atoms with E-state index in [2.05, 4.69) is 64.6 Å². The molecule has 4 aromatic rings. The minimum Gasteiger partial charge on any atom is -0.361 e. The summed E-state index contributed by atoms with van der Waals surface area (Å²) < 4.78 is 1.86. The average molecular weight is 470 g/mol. The molecule has 0 fully saturated rings. The van der Waals surface area contributed by atoms with Gasteiger partial charge in [-0.25, -0.2) is 5.48 Å². The number of aromatic nitrogens is 3. The van der Waals surface area contributed by atoms with Crippen molar-refractivity contribution in [2.75, 3.05) is 6.54 Å². The van der Waals surface area contributed by atoms with E-state index in [0.29, 0.717) is 6.04 Å². The maximum Gasteiger partial charge on any atom is 0.267 e. The van der Waals surface area contributed by atoms with E-state index in [1.807, 2.05) is 24.0 Å². The number of hydrogen-bond acceptors (Lipinski definition) is 4. The minimum absolute atomic E-state index is 0.330. The number of nitrogens with one attached hydrogen (secondary N) is 2. The van der Waals surface area contributed by atoms with Crippen LogP contribution < -0.4 is 5.48 Å². The summed E-state index contributed by atoms with van der Waals surface area (Å²) in [5.74, 6) is -0.529. The Balaban J connectivity index is 1.38. The van der Waals surface area contributed by atoms with Gasteiger partial charge in [-0.2, -0.15) is 5.10 Å². The molecule has 1 unspecified atom stereocenters. The van der Waals surface area contributed by atoms with Gasteiger partial charge in [-0.3, -0.25) is 19.6 Å². The number of rotatable bonds is 8. The standard InChI is InChI=1S/C28H31N5O2/c1-19-3-7-24-23(16-29-26(24)13-19)11-12-33(18-21-15-30-32(2)17-21)27-9-6-22-14-20(4-8-25(22)27)5-10-28(34)31-35/h3-5,7-8,10,13-17,27,29,35H,6,9,11-12,18H2,1-2H3,(H,31,34). The molecule has 1 atom stereocenters. The maximum atomic E-state index is 11.3. The molecule has 2 heterocycles. The molecule has 0 radical (unpaired) electrons. The third kappa shape index (κ3) is 5.06. The van der Waals surface area contributed by atoms with Crippen molar-refractivity contribution in [1.82, 2.24) is 25.1 Å². The van der Waals surface area contributed by atoms with Crippen molar-refractivity contribution in [3.8, 4) is 0 Å². The monoisotopic (exact) mass is 469 g/mol. The van der Waals surface area contributed by atoms with Gasteiger partial charge in [-0.05, 0) is 66.1 Å². The first-order chi connectivity index (χ1) is 17.0. The van der Waals surface area contributed by atoms with Gasteiger partial charge in [-0.1, -0.05) is 30.3 Å². The fourth-order valence-electron chi connectivity index (χ4n) is 5.21. The Bertz CT molecular complexity index is 1380. The van der Waals surface area contributed by atoms with Crippen LogP contribution in [-0.4, -0.2) is 37.3 Å². The second-order valence-corrected chi connectivity index (χ2v) is 9.43. The van der Waals surface area contributed by atoms with Crippen LogP contribution >= 0.6 is 0 Å². The van der Waals surface area contributed by atoms with Gasteiger partial charge < -0.3 is 4.98 Å². The van der Waals surface area contributed by atoms with Crippen LogP contribution in [0.3, 0.4) is 0 Å². The molecule has 2 aromatic heterocycles. The molecular weight excluding hydrogens is 438 g/mol. The number of H-pyrrole nitrogens is 1. The third-order valence-electron chi connectivity index (χ3n) is 6.93. The number of benzene rings is 2. The molecule has 0 saturated carbocycles. The Hall–Kier alpha value is -3.68. The number of aryl methyl sites for hydroxylation is 3. The molecule has 5 rings (SSSR count). The van der Waals surface area contributed by atoms with Crippen molar-refractivity contribution in [2.45, 2.75) is 38.8 Å². The van der Waals surface area contributed by atoms with Crippen molar-refractivity contribution in [3.05, 3.63) is 94.4 Å². The highest BCUT2D eigenvalue weighted by Gasteiger charge is 2.28. The number of aromatic amines is 1. The van der Waals surface area contributed by atoms with Gasteiger partial charge in [0.1, 0.15) is 0 Å². The largest absolute Gasteiger partial charge is 0.361 e. The first kappa shape index (κ1) is 23.1. The summed E-state index contributed by atoms with van der Waals surface area (Å²) in [6.07, 6.45) is 12.3. The highest BCUT2D eigenvalue weighted by Crippen LogP contribution is 2.37. The highest BCUT2D eigenvalue weighted by atomic mass is 16.5. The van der Waals surface area contributed by atoms with Crippen molar-refractivity contribution < 1.29 is 10.0 Å². The van der Waals surface area contributed by atoms with E-state index in [9.17, 15) is 4.79 Å². The van der Waals surface area contributed by atoms with Gasteiger partial charge in [0.2, 0.25) is 0 Å². The molecule has 7 nitrogen and oxygen atoms in total. The molecule has 7 heteroatoms. The van der Waals surface area contributed by atoms with E-state index in [4.69, 9.17) is 5.21 Å². The lowest BCUT2D eigenvalue weighted by Gasteiger charge is -2.29. The molecule has 180 valence electrons. The van der Waals surface area contributed by atoms with Gasteiger partial charge in [-0.15, -0.1) is 0 Å². The van der Waals surface area contributed by atoms with E-state index in [1.165, 1.54) is 44.8 Å². The Labute approximate surface area is 205 Å². The molecule has 0 aliphatic heterocycles. The summed E-state index contributed by atoms with van der Waals surface area (Å²) >= 11 is 0. The molecule has 1 amide bonds. The fraction of sp³-hybridized carbons (Fsp3) is 0.286. The minimum atomic E-state index is -0.529. The predicted octanol–water partition coefficient (Wildman–Crippen LogP) is 4.46. The number of fused-ring (bicyclic) bond motifs is 2. The predicted molar refractivity (Wildman–Crippen MR) is 137 cm³/mol. The molecule has 0 spiro atoms. The van der Waals surface area contributed by atoms with E-state index in [0.717, 1.165) is 37.9 Å². The molecule has 35 heavy (non-hydrogen) atoms. The summed E-state index contributed by atoms with van der Waals surface area (Å²) in [4.78, 5) is 17.4. The number of carbonyl (C=O) groups is 1. The average Bonchev–Trinajstić information content (AvgIpc) is 3.58. The Morgan fingerprint density at radius 3 is 3.00 bits per heavy atom. The lowest BCUT2D eigenvalue weighted by molar-refractivity contribution is -0.124. The first-order valence-electron chi connectivity index (χ1n) is 12.0. The van der Waals surface area contributed by atoms with Gasteiger partial charge in [0, 0.05) is 61.1 Å². The van der Waals surface area contributed by atoms with Crippen LogP contribution in [0.25, 0.3) is 17.0 Å². The topological polar surface area (TPSA) is 86.2 Å². The molecule has 0 saturated heterocycles. The van der Waals surface area contributed by atoms with Crippen LogP contribution in [0.5, 0.6) is 0 Å². The van der Waals surface area contributed by atoms with Gasteiger partial charge in [0.05, 0.1) is 6.20 Å². The molecule has 0 bridgehead atoms. The Kier molecular flexibility index (Phi) is 6.53. The number of hydrogen-bond donors (Lipinski definition) is 3. The van der Waals surface area contributed by atoms with Crippen molar-refractivity contribution in [2.24, 2.45) is 7.05 Å². The van der Waals surface area contributed by atoms with Gasteiger partial charge in [0.15, 0.2) is 0 Å². The number of amides is 1. The molecule has 1 aliphatic carbocycles. The van der Waals surface area contributed by atoms with E-state index < -0.39 is 5.91 Å². The molecule has 1 aliphatic rings. The van der Waals surface area contributed by atoms with Crippen LogP contribution in [0.2, 0.25) is 0 Å². The van der Waals surface area contributed by atoms with E-state index >= 15 is 0 Å². The zero-order chi connectivity index (χ0) is 24.4. The normalized spacial score (nSPS) is 15.4. The van der Waals surface area contributed by atoms with Crippen molar-refractivity contribution in [1.29, 1.82) is 0 Å². The molecule has 3 N–H and O–H groups in total. The Morgan fingerprint density at radius 2 is 2.20 bits per heavy atom. The number of carbonyl (C=O) groups excluding carboxylic acids is 1. The second-order valence-electron chi connectivity index (χ2n) is 9.43. The molecular formula is C28H31N5O2. The van der Waals surface area contributed by atoms with Crippen molar-refractivity contribution >= 4 is 22.9 Å². The SMILES string of the molecule is Cc1ccc2c(CCN(Cc3cnn(C)c3)C3CCc4cc(C=CC(=O)NO)ccc43)c[nH]c2c1. The fourth-order valence-corrected chi connectivity index (χ4v) is 5.21. The summed E-state index contributed by atoms with van der Waals surface area (Å²) in [7, 11) is 1.96. The lowest BCUT2D eigenvalue weighted by atomic mass is 10.0. The van der Waals surface area contributed by atoms with Crippen LogP contribution in [0.15, 0.2) is 61.1 Å². The van der Waals surface area contributed by atoms with Gasteiger partial charge in [0.25, 0.3) is 5.91 Å². The van der Waals surface area contributed by atoms with Gasteiger partial charge >= 0.3 is 0 Å². The smallest absolute Gasteiger partial charge is 0.267 e. The maximum absolute atomic E-state index is 11.3. The first-order valence-corrected chi connectivity index (χ1v) is 12.0. The van der Waals surface area contributed by atoms with Crippen LogP contribution in [0, 0.1) is 6.92 Å². The number of hydroxylamine groups is 1. The Morgan fingerprint density at radius 1 is 1.31 bits per heavy atom. The summed E-state index contributed by atoms with van der Waals surface area (Å²) in [6, 6.07) is 13.3. The number of nitrogens with zero attached hydrogens (tertiary/aromatic N) is 3. The lowest BCUT2D eigenvalue weighted by Crippen LogP contribution is -2.29. The highest BCUT2D eigenvalue weighted by molar-refractivity contribution is 5.90. The second kappa shape index (κ2) is 9.90.